The van der Waals surface area contributed by atoms with Crippen molar-refractivity contribution in [3.63, 3.8) is 0 Å². The van der Waals surface area contributed by atoms with Crippen molar-refractivity contribution in [1.82, 2.24) is 3.96 Å². The second-order valence-corrected chi connectivity index (χ2v) is 5.81. The largest absolute Gasteiger partial charge is 0.276 e. The van der Waals surface area contributed by atoms with Crippen molar-refractivity contribution in [2.45, 2.75) is 13.0 Å². The zero-order valence-corrected chi connectivity index (χ0v) is 13.0. The predicted molar refractivity (Wildman–Crippen MR) is 91.3 cm³/mol. The van der Waals surface area contributed by atoms with Gasteiger partial charge >= 0.3 is 0 Å². The van der Waals surface area contributed by atoms with Gasteiger partial charge in [-0.3, -0.25) is 8.75 Å². The summed E-state index contributed by atoms with van der Waals surface area (Å²) in [5.41, 5.74) is 2.56. The average molecular weight is 305 g/mol. The van der Waals surface area contributed by atoms with Gasteiger partial charge in [0.15, 0.2) is 0 Å². The Bertz CT molecular complexity index is 866. The number of hydrogen-bond acceptors (Lipinski definition) is 2. The number of nitrogens with zero attached hydrogens (tertiary/aromatic N) is 1. The molecule has 0 spiro atoms. The Hall–Kier alpha value is -2.57. The van der Waals surface area contributed by atoms with Crippen molar-refractivity contribution < 1.29 is 0 Å². The Balaban J connectivity index is 1.90. The van der Waals surface area contributed by atoms with E-state index >= 15 is 0 Å². The number of aromatic nitrogens is 1. The molecule has 0 aliphatic rings. The van der Waals surface area contributed by atoms with Crippen LogP contribution in [0.2, 0.25) is 0 Å². The van der Waals surface area contributed by atoms with E-state index in [1.165, 1.54) is 11.5 Å². The molecular weight excluding hydrogens is 290 g/mol. The first-order chi connectivity index (χ1) is 10.8. The molecule has 22 heavy (non-hydrogen) atoms. The number of hydrogen-bond donors (Lipinski definition) is 0. The molecule has 0 amide bonds. The number of benzene rings is 2. The molecular formula is C19H15NOS. The van der Waals surface area contributed by atoms with Crippen LogP contribution >= 0.6 is 11.5 Å². The molecule has 0 N–H and O–H groups in total. The van der Waals surface area contributed by atoms with Crippen molar-refractivity contribution in [2.24, 2.45) is 0 Å². The first-order valence-electron chi connectivity index (χ1n) is 7.08. The van der Waals surface area contributed by atoms with Crippen molar-refractivity contribution in [3.05, 3.63) is 93.1 Å². The third-order valence-electron chi connectivity index (χ3n) is 3.46. The molecule has 2 nitrogen and oxygen atoms in total. The van der Waals surface area contributed by atoms with Gasteiger partial charge in [0, 0.05) is 10.9 Å². The second kappa shape index (κ2) is 6.46. The first kappa shape index (κ1) is 14.4. The van der Waals surface area contributed by atoms with Gasteiger partial charge in [0.1, 0.15) is 5.56 Å². The van der Waals surface area contributed by atoms with Crippen LogP contribution in [0, 0.1) is 11.8 Å². The third-order valence-corrected chi connectivity index (χ3v) is 4.51. The maximum absolute atomic E-state index is 12.5. The molecule has 0 saturated carbocycles. The van der Waals surface area contributed by atoms with Crippen LogP contribution in [0.25, 0.3) is 0 Å². The molecule has 0 bridgehead atoms. The third kappa shape index (κ3) is 3.03. The lowest BCUT2D eigenvalue weighted by molar-refractivity contribution is 0.674. The molecule has 2 aromatic carbocycles. The van der Waals surface area contributed by atoms with Crippen LogP contribution in [0.15, 0.2) is 70.8 Å². The highest BCUT2D eigenvalue weighted by Gasteiger charge is 2.12. The Kier molecular flexibility index (Phi) is 4.22. The Morgan fingerprint density at radius 1 is 0.955 bits per heavy atom. The SMILES string of the molecule is CC(c1ccccc1)n1scc(C#Cc2ccccc2)c1=O. The van der Waals surface area contributed by atoms with Gasteiger partial charge in [0.2, 0.25) is 0 Å². The van der Waals surface area contributed by atoms with Gasteiger partial charge in [0.05, 0.1) is 6.04 Å². The van der Waals surface area contributed by atoms with Crippen LogP contribution in [0.5, 0.6) is 0 Å². The van der Waals surface area contributed by atoms with Crippen LogP contribution in [-0.2, 0) is 0 Å². The Morgan fingerprint density at radius 3 is 2.27 bits per heavy atom. The fraction of sp³-hybridized carbons (Fsp3) is 0.105. The lowest BCUT2D eigenvalue weighted by Gasteiger charge is -2.11. The minimum atomic E-state index is -0.0233. The molecule has 3 aromatic rings. The van der Waals surface area contributed by atoms with Gasteiger partial charge in [-0.2, -0.15) is 0 Å². The van der Waals surface area contributed by atoms with E-state index in [-0.39, 0.29) is 11.6 Å². The topological polar surface area (TPSA) is 22.0 Å². The highest BCUT2D eigenvalue weighted by molar-refractivity contribution is 7.04. The summed E-state index contributed by atoms with van der Waals surface area (Å²) in [5, 5.41) is 1.83. The highest BCUT2D eigenvalue weighted by Crippen LogP contribution is 2.18. The molecule has 1 atom stereocenters. The van der Waals surface area contributed by atoms with Crippen LogP contribution in [0.3, 0.4) is 0 Å². The summed E-state index contributed by atoms with van der Waals surface area (Å²) in [4.78, 5) is 12.5. The molecule has 0 fully saturated rings. The molecule has 0 aliphatic carbocycles. The van der Waals surface area contributed by atoms with E-state index in [2.05, 4.69) is 11.8 Å². The van der Waals surface area contributed by atoms with Crippen molar-refractivity contribution in [3.8, 4) is 11.8 Å². The van der Waals surface area contributed by atoms with Gasteiger partial charge in [-0.1, -0.05) is 71.9 Å². The molecule has 3 rings (SSSR count). The lowest BCUT2D eigenvalue weighted by atomic mass is 10.1. The minimum absolute atomic E-state index is 0.0194. The molecule has 3 heteroatoms. The minimum Gasteiger partial charge on any atom is -0.267 e. The van der Waals surface area contributed by atoms with Crippen LogP contribution in [0.1, 0.15) is 29.7 Å². The van der Waals surface area contributed by atoms with Crippen molar-refractivity contribution >= 4 is 11.5 Å². The van der Waals surface area contributed by atoms with Crippen LogP contribution < -0.4 is 5.56 Å². The summed E-state index contributed by atoms with van der Waals surface area (Å²) in [7, 11) is 0. The summed E-state index contributed by atoms with van der Waals surface area (Å²) >= 11 is 1.42. The summed E-state index contributed by atoms with van der Waals surface area (Å²) in [6.07, 6.45) is 0. The van der Waals surface area contributed by atoms with Gasteiger partial charge < -0.3 is 0 Å². The number of rotatable bonds is 2. The second-order valence-electron chi connectivity index (χ2n) is 4.97. The van der Waals surface area contributed by atoms with Gasteiger partial charge in [-0.25, -0.2) is 0 Å². The first-order valence-corrected chi connectivity index (χ1v) is 7.92. The molecule has 1 unspecified atom stereocenters. The smallest absolute Gasteiger partial charge is 0.267 e. The molecule has 0 saturated heterocycles. The fourth-order valence-corrected chi connectivity index (χ4v) is 3.08. The van der Waals surface area contributed by atoms with Crippen LogP contribution in [-0.4, -0.2) is 3.96 Å². The summed E-state index contributed by atoms with van der Waals surface area (Å²) in [6.45, 7) is 2.03. The van der Waals surface area contributed by atoms with Gasteiger partial charge in [-0.15, -0.1) is 0 Å². The van der Waals surface area contributed by atoms with Gasteiger partial charge in [0.25, 0.3) is 5.56 Å². The molecule has 108 valence electrons. The molecule has 0 aliphatic heterocycles. The summed E-state index contributed by atoms with van der Waals surface area (Å²) < 4.78 is 1.77. The van der Waals surface area contributed by atoms with Crippen LogP contribution in [0.4, 0.5) is 0 Å². The standard InChI is InChI=1S/C19H15NOS/c1-15(17-10-6-3-7-11-17)20-19(21)18(14-22-20)13-12-16-8-4-2-5-9-16/h2-11,14-15H,1H3. The highest BCUT2D eigenvalue weighted by atomic mass is 32.1. The Morgan fingerprint density at radius 2 is 1.59 bits per heavy atom. The molecule has 0 radical (unpaired) electrons. The van der Waals surface area contributed by atoms with E-state index in [1.807, 2.05) is 73.0 Å². The van der Waals surface area contributed by atoms with Crippen molar-refractivity contribution in [2.75, 3.05) is 0 Å². The molecule has 1 heterocycles. The predicted octanol–water partition coefficient (Wildman–Crippen LogP) is 3.92. The zero-order chi connectivity index (χ0) is 15.4. The molecule has 1 aromatic heterocycles. The van der Waals surface area contributed by atoms with E-state index in [1.54, 1.807) is 3.96 Å². The maximum atomic E-state index is 12.5. The zero-order valence-electron chi connectivity index (χ0n) is 12.2. The van der Waals surface area contributed by atoms with E-state index in [0.29, 0.717) is 5.56 Å². The summed E-state index contributed by atoms with van der Waals surface area (Å²) in [5.74, 6) is 6.02. The lowest BCUT2D eigenvalue weighted by Crippen LogP contribution is -2.19. The van der Waals surface area contributed by atoms with Gasteiger partial charge in [-0.05, 0) is 24.6 Å². The quantitative estimate of drug-likeness (QED) is 0.658. The fourth-order valence-electron chi connectivity index (χ4n) is 2.20. The average Bonchev–Trinajstić information content (AvgIpc) is 2.95. The normalized spacial score (nSPS) is 11.5. The van der Waals surface area contributed by atoms with Crippen molar-refractivity contribution in [1.29, 1.82) is 0 Å². The Labute approximate surface area is 133 Å². The van der Waals surface area contributed by atoms with E-state index in [4.69, 9.17) is 0 Å². The van der Waals surface area contributed by atoms with E-state index in [0.717, 1.165) is 11.1 Å². The van der Waals surface area contributed by atoms with E-state index in [9.17, 15) is 4.79 Å². The summed E-state index contributed by atoms with van der Waals surface area (Å²) in [6, 6.07) is 19.7. The monoisotopic (exact) mass is 305 g/mol. The maximum Gasteiger partial charge on any atom is 0.276 e. The van der Waals surface area contributed by atoms with E-state index < -0.39 is 0 Å².